The maximum absolute atomic E-state index is 10.1. The minimum Gasteiger partial charge on any atom is -0.396 e. The Hall–Kier alpha value is -0.160. The van der Waals surface area contributed by atoms with Crippen molar-refractivity contribution in [3.63, 3.8) is 0 Å². The Labute approximate surface area is 77.5 Å². The van der Waals surface area contributed by atoms with Crippen molar-refractivity contribution in [1.29, 1.82) is 0 Å². The fourth-order valence-electron chi connectivity index (χ4n) is 1.71. The highest BCUT2D eigenvalue weighted by Gasteiger charge is 2.40. The summed E-state index contributed by atoms with van der Waals surface area (Å²) in [6.07, 6.45) is 2.10. The smallest absolute Gasteiger partial charge is 0.0837 e. The Kier molecular flexibility index (Phi) is 2.55. The van der Waals surface area contributed by atoms with Gasteiger partial charge in [0, 0.05) is 19.4 Å². The monoisotopic (exact) mass is 188 g/mol. The molecule has 2 saturated heterocycles. The molecule has 2 rings (SSSR count). The van der Waals surface area contributed by atoms with E-state index >= 15 is 0 Å². The lowest BCUT2D eigenvalue weighted by Gasteiger charge is -2.25. The molecule has 0 aromatic carbocycles. The second-order valence-corrected chi connectivity index (χ2v) is 4.02. The lowest BCUT2D eigenvalue weighted by molar-refractivity contribution is -0.0110. The first-order valence-electron chi connectivity index (χ1n) is 4.78. The van der Waals surface area contributed by atoms with Crippen molar-refractivity contribution in [1.82, 2.24) is 0 Å². The third-order valence-electron chi connectivity index (χ3n) is 2.60. The molecule has 2 atom stereocenters. The zero-order valence-electron chi connectivity index (χ0n) is 7.61. The van der Waals surface area contributed by atoms with Crippen LogP contribution in [0.5, 0.6) is 0 Å². The van der Waals surface area contributed by atoms with Gasteiger partial charge in [0.2, 0.25) is 0 Å². The molecular formula is C9H16O4. The molecular weight excluding hydrogens is 172 g/mol. The molecule has 13 heavy (non-hydrogen) atoms. The number of hydrogen-bond donors (Lipinski definition) is 2. The largest absolute Gasteiger partial charge is 0.396 e. The number of aliphatic hydroxyl groups excluding tert-OH is 1. The number of epoxide rings is 2. The molecule has 2 fully saturated rings. The van der Waals surface area contributed by atoms with E-state index in [0.717, 1.165) is 13.2 Å². The number of ether oxygens (including phenoxy) is 2. The van der Waals surface area contributed by atoms with Crippen LogP contribution in [-0.4, -0.2) is 47.8 Å². The van der Waals surface area contributed by atoms with E-state index in [4.69, 9.17) is 14.6 Å². The van der Waals surface area contributed by atoms with Crippen molar-refractivity contribution < 1.29 is 19.7 Å². The summed E-state index contributed by atoms with van der Waals surface area (Å²) >= 11 is 0. The normalized spacial score (nSPS) is 35.5. The van der Waals surface area contributed by atoms with Gasteiger partial charge in [-0.2, -0.15) is 0 Å². The molecule has 0 radical (unpaired) electrons. The summed E-state index contributed by atoms with van der Waals surface area (Å²) in [5.41, 5.74) is -0.781. The SMILES string of the molecule is OCCC(O)(CC1CO1)CC1CO1. The van der Waals surface area contributed by atoms with Gasteiger partial charge in [0.25, 0.3) is 0 Å². The fourth-order valence-corrected chi connectivity index (χ4v) is 1.71. The van der Waals surface area contributed by atoms with Crippen LogP contribution in [0.15, 0.2) is 0 Å². The highest BCUT2D eigenvalue weighted by Crippen LogP contribution is 2.32. The van der Waals surface area contributed by atoms with Crippen LogP contribution in [0, 0.1) is 0 Å². The Bertz CT molecular complexity index is 160. The van der Waals surface area contributed by atoms with E-state index in [-0.39, 0.29) is 18.8 Å². The van der Waals surface area contributed by atoms with Gasteiger partial charge >= 0.3 is 0 Å². The van der Waals surface area contributed by atoms with E-state index < -0.39 is 5.60 Å². The first-order chi connectivity index (χ1) is 6.22. The van der Waals surface area contributed by atoms with E-state index in [1.165, 1.54) is 0 Å². The Balaban J connectivity index is 1.82. The van der Waals surface area contributed by atoms with Crippen molar-refractivity contribution in [2.75, 3.05) is 19.8 Å². The topological polar surface area (TPSA) is 65.5 Å². The van der Waals surface area contributed by atoms with E-state index in [0.29, 0.717) is 19.3 Å². The molecule has 2 aliphatic rings. The van der Waals surface area contributed by atoms with Crippen LogP contribution in [0.4, 0.5) is 0 Å². The molecule has 0 aliphatic carbocycles. The van der Waals surface area contributed by atoms with Crippen molar-refractivity contribution in [3.8, 4) is 0 Å². The summed E-state index contributed by atoms with van der Waals surface area (Å²) in [6, 6.07) is 0. The molecule has 2 unspecified atom stereocenters. The van der Waals surface area contributed by atoms with Gasteiger partial charge in [-0.15, -0.1) is 0 Å². The predicted molar refractivity (Wildman–Crippen MR) is 45.4 cm³/mol. The number of hydrogen-bond acceptors (Lipinski definition) is 4. The van der Waals surface area contributed by atoms with Crippen LogP contribution in [0.25, 0.3) is 0 Å². The van der Waals surface area contributed by atoms with Gasteiger partial charge in [-0.1, -0.05) is 0 Å². The lowest BCUT2D eigenvalue weighted by Crippen LogP contribution is -2.33. The average molecular weight is 188 g/mol. The Morgan fingerprint density at radius 3 is 1.92 bits per heavy atom. The lowest BCUT2D eigenvalue weighted by atomic mass is 9.89. The van der Waals surface area contributed by atoms with Gasteiger partial charge in [-0.3, -0.25) is 0 Å². The van der Waals surface area contributed by atoms with Gasteiger partial charge in [0.05, 0.1) is 31.0 Å². The zero-order valence-corrected chi connectivity index (χ0v) is 7.61. The van der Waals surface area contributed by atoms with E-state index in [2.05, 4.69) is 0 Å². The average Bonchev–Trinajstić information content (AvgIpc) is 2.85. The van der Waals surface area contributed by atoms with Gasteiger partial charge < -0.3 is 19.7 Å². The molecule has 76 valence electrons. The van der Waals surface area contributed by atoms with Crippen molar-refractivity contribution >= 4 is 0 Å². The molecule has 2 heterocycles. The second-order valence-electron chi connectivity index (χ2n) is 4.02. The first-order valence-corrected chi connectivity index (χ1v) is 4.78. The van der Waals surface area contributed by atoms with Crippen LogP contribution in [0.3, 0.4) is 0 Å². The molecule has 0 bridgehead atoms. The zero-order chi connectivity index (χ0) is 9.31. The predicted octanol–water partition coefficient (Wildman–Crippen LogP) is -0.322. The Morgan fingerprint density at radius 1 is 1.15 bits per heavy atom. The maximum atomic E-state index is 10.1. The van der Waals surface area contributed by atoms with Crippen molar-refractivity contribution in [2.45, 2.75) is 37.1 Å². The highest BCUT2D eigenvalue weighted by molar-refractivity contribution is 4.90. The standard InChI is InChI=1S/C9H16O4/c10-2-1-9(11,3-7-5-12-7)4-8-6-13-8/h7-8,10-11H,1-6H2. The van der Waals surface area contributed by atoms with Crippen LogP contribution in [-0.2, 0) is 9.47 Å². The third kappa shape index (κ3) is 2.91. The van der Waals surface area contributed by atoms with Crippen molar-refractivity contribution in [2.24, 2.45) is 0 Å². The van der Waals surface area contributed by atoms with E-state index in [1.54, 1.807) is 0 Å². The minimum absolute atomic E-state index is 0.0237. The minimum atomic E-state index is -0.781. The quantitative estimate of drug-likeness (QED) is 0.560. The van der Waals surface area contributed by atoms with Crippen molar-refractivity contribution in [3.05, 3.63) is 0 Å². The summed E-state index contributed by atoms with van der Waals surface area (Å²) in [5.74, 6) is 0. The molecule has 4 nitrogen and oxygen atoms in total. The second kappa shape index (κ2) is 3.53. The summed E-state index contributed by atoms with van der Waals surface area (Å²) in [7, 11) is 0. The van der Waals surface area contributed by atoms with E-state index in [9.17, 15) is 5.11 Å². The molecule has 2 aliphatic heterocycles. The highest BCUT2D eigenvalue weighted by atomic mass is 16.6. The molecule has 0 spiro atoms. The molecule has 4 heteroatoms. The summed E-state index contributed by atoms with van der Waals surface area (Å²) in [6.45, 7) is 1.52. The van der Waals surface area contributed by atoms with Gasteiger partial charge in [-0.25, -0.2) is 0 Å². The Morgan fingerprint density at radius 2 is 1.62 bits per heavy atom. The van der Waals surface area contributed by atoms with Crippen LogP contribution in [0.1, 0.15) is 19.3 Å². The van der Waals surface area contributed by atoms with Crippen LogP contribution < -0.4 is 0 Å². The van der Waals surface area contributed by atoms with Gasteiger partial charge in [0.15, 0.2) is 0 Å². The molecule has 0 aromatic heterocycles. The van der Waals surface area contributed by atoms with Crippen LogP contribution >= 0.6 is 0 Å². The van der Waals surface area contributed by atoms with E-state index in [1.807, 2.05) is 0 Å². The molecule has 2 N–H and O–H groups in total. The number of aliphatic hydroxyl groups is 2. The van der Waals surface area contributed by atoms with Gasteiger partial charge in [-0.05, 0) is 6.42 Å². The fraction of sp³-hybridized carbons (Fsp3) is 1.00. The van der Waals surface area contributed by atoms with Gasteiger partial charge in [0.1, 0.15) is 0 Å². The molecule has 0 aromatic rings. The third-order valence-corrected chi connectivity index (χ3v) is 2.60. The number of rotatable bonds is 6. The molecule has 0 saturated carbocycles. The summed E-state index contributed by atoms with van der Waals surface area (Å²) in [4.78, 5) is 0. The summed E-state index contributed by atoms with van der Waals surface area (Å²) < 4.78 is 10.1. The maximum Gasteiger partial charge on any atom is 0.0837 e. The summed E-state index contributed by atoms with van der Waals surface area (Å²) in [5, 5.41) is 18.9. The molecule has 0 amide bonds. The van der Waals surface area contributed by atoms with Crippen LogP contribution in [0.2, 0.25) is 0 Å². The first kappa shape index (κ1) is 9.40.